The van der Waals surface area contributed by atoms with E-state index in [1.165, 1.54) is 0 Å². The molecule has 3 atom stereocenters. The van der Waals surface area contributed by atoms with Gasteiger partial charge in [0, 0.05) is 34.2 Å². The zero-order valence-electron chi connectivity index (χ0n) is 29.6. The van der Waals surface area contributed by atoms with Gasteiger partial charge >= 0.3 is 16.3 Å². The quantitative estimate of drug-likeness (QED) is 0.113. The van der Waals surface area contributed by atoms with Crippen LogP contribution in [-0.4, -0.2) is 42.1 Å². The maximum Gasteiger partial charge on any atom is 0.597 e. The van der Waals surface area contributed by atoms with Crippen molar-refractivity contribution in [2.24, 2.45) is 0 Å². The van der Waals surface area contributed by atoms with Crippen LogP contribution in [0.5, 0.6) is 11.5 Å². The molecule has 1 aromatic heterocycles. The maximum absolute atomic E-state index is 14.2. The van der Waals surface area contributed by atoms with Gasteiger partial charge in [-0.1, -0.05) is 111 Å². The first-order valence-electron chi connectivity index (χ1n) is 17.1. The van der Waals surface area contributed by atoms with Crippen LogP contribution in [-0.2, 0) is 18.3 Å². The molecule has 7 aromatic rings. The smallest absolute Gasteiger partial charge is 0.439 e. The molecule has 282 valence electrons. The maximum atomic E-state index is 14.2. The van der Waals surface area contributed by atoms with E-state index in [0.29, 0.717) is 27.7 Å². The Morgan fingerprint density at radius 3 is 1.47 bits per heavy atom. The van der Waals surface area contributed by atoms with Crippen LogP contribution in [0.4, 0.5) is 0 Å². The van der Waals surface area contributed by atoms with E-state index >= 15 is 0 Å². The minimum Gasteiger partial charge on any atom is -0.439 e. The van der Waals surface area contributed by atoms with E-state index in [1.54, 1.807) is 0 Å². The Morgan fingerprint density at radius 1 is 0.582 bits per heavy atom. The molecule has 0 fully saturated rings. The van der Waals surface area contributed by atoms with Crippen molar-refractivity contribution in [1.29, 1.82) is 1.43 Å². The fourth-order valence-corrected chi connectivity index (χ4v) is 13.0. The third-order valence-corrected chi connectivity index (χ3v) is 15.0. The van der Waals surface area contributed by atoms with Crippen molar-refractivity contribution < 1.29 is 46.6 Å². The van der Waals surface area contributed by atoms with Gasteiger partial charge in [0.25, 0.3) is 14.7 Å². The molecule has 3 unspecified atom stereocenters. The molecule has 3 heterocycles. The number of aliphatic hydroxyl groups excluding tert-OH is 2. The largest absolute Gasteiger partial charge is 0.597 e. The second kappa shape index (κ2) is 18.7. The lowest BCUT2D eigenvalue weighted by molar-refractivity contribution is 0.186. The number of rotatable bonds is 5. The summed E-state index contributed by atoms with van der Waals surface area (Å²) in [6.07, 6.45) is 0.262. The topological polar surface area (TPSA) is 161 Å². The highest BCUT2D eigenvalue weighted by molar-refractivity contribution is 7.71. The fraction of sp³-hybridized carbons (Fsp3) is 0.122. The Kier molecular flexibility index (Phi) is 13.6. The first-order valence-corrected chi connectivity index (χ1v) is 22.3. The minimum absolute atomic E-state index is 0. The van der Waals surface area contributed by atoms with E-state index in [9.17, 15) is 13.7 Å². The SMILES string of the molecule is C.O=P1(CCP2(=O)Oc3ccccc3-c3ccccc32)Oc2ccccc2-c2ccccc21.O=[p+]1oc2ccccc2c2ccccc21.OCCO.[2H]OP=O. The van der Waals surface area contributed by atoms with Crippen molar-refractivity contribution in [2.75, 3.05) is 25.5 Å². The number of hydrogen-bond donors (Lipinski definition) is 3. The molecule has 3 N–H and O–H groups in total. The average molecular weight is 817 g/mol. The van der Waals surface area contributed by atoms with Gasteiger partial charge in [0.05, 0.1) is 23.8 Å². The zero-order chi connectivity index (χ0) is 38.8. The molecule has 2 aliphatic heterocycles. The van der Waals surface area contributed by atoms with Gasteiger partial charge in [-0.05, 0) is 58.2 Å². The van der Waals surface area contributed by atoms with Crippen molar-refractivity contribution in [3.63, 3.8) is 0 Å². The van der Waals surface area contributed by atoms with E-state index in [0.717, 1.165) is 38.1 Å². The Bertz CT molecular complexity index is 2500. The monoisotopic (exact) mass is 816 g/mol. The van der Waals surface area contributed by atoms with Gasteiger partial charge in [-0.2, -0.15) is 0 Å². The summed E-state index contributed by atoms with van der Waals surface area (Å²) < 4.78 is 72.2. The molecular formula is C41H39O10P4+. The van der Waals surface area contributed by atoms with Crippen LogP contribution in [0, 0.1) is 0 Å². The summed E-state index contributed by atoms with van der Waals surface area (Å²) in [4.78, 5) is 3.21. The minimum atomic E-state index is -3.29. The van der Waals surface area contributed by atoms with Gasteiger partial charge in [0.15, 0.2) is 5.58 Å². The summed E-state index contributed by atoms with van der Waals surface area (Å²) >= 11 is 0. The third-order valence-electron chi connectivity index (χ3n) is 8.64. The van der Waals surface area contributed by atoms with Crippen molar-refractivity contribution in [2.45, 2.75) is 7.43 Å². The van der Waals surface area contributed by atoms with Crippen LogP contribution >= 0.6 is 31.1 Å². The number of fused-ring (bicyclic) bond motifs is 9. The fourth-order valence-electron chi connectivity index (χ4n) is 6.31. The molecule has 0 aliphatic carbocycles. The van der Waals surface area contributed by atoms with E-state index in [1.807, 2.05) is 146 Å². The number of para-hydroxylation sites is 3. The van der Waals surface area contributed by atoms with Crippen LogP contribution in [0.3, 0.4) is 0 Å². The standard InChI is InChI=1S/C26H20O4P2.C12H8O2P.C2H6O2.CH4.HO2P/c27-31(25-15-7-3-11-21(25)19-9-1-5-13-23(19)29-31)17-18-32(28)26-16-8-4-12-22(26)20-10-2-6-14-24(20)30-32;13-15-12-8-4-2-6-10(12)9-5-1-3-7-11(9)14-15;3-1-2-4;;1-3-2/h1-16H,17-18H2;1-8H;3-4H,1-2H2;1H4;(H,1,2)/q;+1;;;/i/hD. The summed E-state index contributed by atoms with van der Waals surface area (Å²) in [6.45, 7) is -0.250. The molecule has 10 nitrogen and oxygen atoms in total. The Hall–Kier alpha value is -4.74. The molecule has 0 spiro atoms. The van der Waals surface area contributed by atoms with Crippen molar-refractivity contribution >= 4 is 63.2 Å². The van der Waals surface area contributed by atoms with Crippen molar-refractivity contribution in [3.05, 3.63) is 146 Å². The van der Waals surface area contributed by atoms with Crippen LogP contribution < -0.4 is 19.7 Å². The summed E-state index contributed by atoms with van der Waals surface area (Å²) in [7, 11) is -8.92. The number of hydrogen-bond acceptors (Lipinski definition) is 10. The van der Waals surface area contributed by atoms with Gasteiger partial charge in [-0.3, -0.25) is 9.13 Å². The molecule has 6 aromatic carbocycles. The van der Waals surface area contributed by atoms with Gasteiger partial charge in [0.1, 0.15) is 11.5 Å². The molecular weight excluding hydrogens is 776 g/mol. The highest BCUT2D eigenvalue weighted by atomic mass is 31.2. The molecule has 0 bridgehead atoms. The molecule has 0 radical (unpaired) electrons. The first kappa shape index (κ1) is 39.9. The van der Waals surface area contributed by atoms with E-state index in [4.69, 9.17) is 29.5 Å². The normalized spacial score (nSPS) is 17.5. The second-order valence-electron chi connectivity index (χ2n) is 11.9. The molecule has 14 heteroatoms. The van der Waals surface area contributed by atoms with Gasteiger partial charge < -0.3 is 24.2 Å². The molecule has 2 aliphatic rings. The Morgan fingerprint density at radius 2 is 0.982 bits per heavy atom. The van der Waals surface area contributed by atoms with E-state index < -0.39 is 31.1 Å². The molecule has 55 heavy (non-hydrogen) atoms. The molecule has 0 amide bonds. The average Bonchev–Trinajstić information content (AvgIpc) is 3.24. The van der Waals surface area contributed by atoms with Gasteiger partial charge in [0.2, 0.25) is 6.55 Å². The molecule has 0 saturated carbocycles. The first-order chi connectivity index (χ1) is 26.8. The number of benzene rings is 6. The van der Waals surface area contributed by atoms with Crippen molar-refractivity contribution in [3.8, 4) is 33.8 Å². The zero-order valence-corrected chi connectivity index (χ0v) is 32.2. The van der Waals surface area contributed by atoms with Crippen LogP contribution in [0.1, 0.15) is 7.43 Å². The highest BCUT2D eigenvalue weighted by Gasteiger charge is 2.41. The van der Waals surface area contributed by atoms with Crippen molar-refractivity contribution in [1.82, 2.24) is 0 Å². The van der Waals surface area contributed by atoms with Crippen LogP contribution in [0.2, 0.25) is 0 Å². The van der Waals surface area contributed by atoms with Gasteiger partial charge in [-0.15, -0.1) is 0 Å². The molecule has 9 rings (SSSR count). The lowest BCUT2D eigenvalue weighted by Gasteiger charge is -2.32. The van der Waals surface area contributed by atoms with E-state index in [2.05, 4.69) is 4.90 Å². The van der Waals surface area contributed by atoms with Crippen LogP contribution in [0.25, 0.3) is 43.7 Å². The third kappa shape index (κ3) is 8.89. The predicted molar refractivity (Wildman–Crippen MR) is 221 cm³/mol. The lowest BCUT2D eigenvalue weighted by Crippen LogP contribution is -2.25. The number of aliphatic hydroxyl groups is 2. The van der Waals surface area contributed by atoms with E-state index in [-0.39, 0.29) is 33.0 Å². The second-order valence-corrected chi connectivity index (χ2v) is 18.1. The predicted octanol–water partition coefficient (Wildman–Crippen LogP) is 10.4. The summed E-state index contributed by atoms with van der Waals surface area (Å²) in [5, 5.41) is 19.4. The Labute approximate surface area is 322 Å². The summed E-state index contributed by atoms with van der Waals surface area (Å²) in [5.41, 5.74) is 4.37. The summed E-state index contributed by atoms with van der Waals surface area (Å²) in [5.74, 6) is 1.20. The summed E-state index contributed by atoms with van der Waals surface area (Å²) in [6, 6.07) is 45.8. The highest BCUT2D eigenvalue weighted by Crippen LogP contribution is 2.60. The van der Waals surface area contributed by atoms with Gasteiger partial charge in [-0.25, -0.2) is 8.76 Å². The molecule has 0 saturated heterocycles. The Balaban J connectivity index is 0.000000207. The lowest BCUT2D eigenvalue weighted by atomic mass is 10.0. The van der Waals surface area contributed by atoms with Crippen LogP contribution in [0.15, 0.2) is 150 Å².